The monoisotopic (exact) mass is 267 g/mol. The predicted octanol–water partition coefficient (Wildman–Crippen LogP) is 3.20. The number of pyridine rings is 1. The molecule has 0 amide bonds. The number of aromatic nitrogens is 3. The van der Waals surface area contributed by atoms with Crippen molar-refractivity contribution in [2.45, 2.75) is 20.3 Å². The van der Waals surface area contributed by atoms with Crippen molar-refractivity contribution in [3.63, 3.8) is 0 Å². The van der Waals surface area contributed by atoms with E-state index in [1.54, 1.807) is 0 Å². The average molecular weight is 267 g/mol. The molecule has 0 bridgehead atoms. The Morgan fingerprint density at radius 1 is 1.10 bits per heavy atom. The van der Waals surface area contributed by atoms with Crippen LogP contribution in [0.1, 0.15) is 17.1 Å². The second-order valence-electron chi connectivity index (χ2n) is 4.92. The highest BCUT2D eigenvalue weighted by Crippen LogP contribution is 2.13. The lowest BCUT2D eigenvalue weighted by Gasteiger charge is -2.05. The maximum Gasteiger partial charge on any atom is 0.177 e. The van der Waals surface area contributed by atoms with Gasteiger partial charge < -0.3 is 9.72 Å². The Morgan fingerprint density at radius 3 is 2.85 bits per heavy atom. The van der Waals surface area contributed by atoms with Gasteiger partial charge in [-0.05, 0) is 43.7 Å². The molecule has 1 aromatic carbocycles. The van der Waals surface area contributed by atoms with Crippen LogP contribution < -0.4 is 4.74 Å². The smallest absolute Gasteiger partial charge is 0.177 e. The third kappa shape index (κ3) is 2.79. The van der Waals surface area contributed by atoms with Crippen molar-refractivity contribution in [1.29, 1.82) is 0 Å². The van der Waals surface area contributed by atoms with E-state index >= 15 is 0 Å². The van der Waals surface area contributed by atoms with Crippen LogP contribution >= 0.6 is 0 Å². The van der Waals surface area contributed by atoms with E-state index in [0.717, 1.165) is 34.9 Å². The summed E-state index contributed by atoms with van der Waals surface area (Å²) in [6.45, 7) is 4.62. The van der Waals surface area contributed by atoms with Gasteiger partial charge >= 0.3 is 0 Å². The number of hydrogen-bond donors (Lipinski definition) is 1. The van der Waals surface area contributed by atoms with Gasteiger partial charge in [-0.1, -0.05) is 12.1 Å². The normalized spacial score (nSPS) is 10.9. The zero-order chi connectivity index (χ0) is 13.9. The number of fused-ring (bicyclic) bond motifs is 1. The second-order valence-corrected chi connectivity index (χ2v) is 4.92. The third-order valence-electron chi connectivity index (χ3n) is 3.13. The van der Waals surface area contributed by atoms with Crippen LogP contribution in [0.4, 0.5) is 0 Å². The van der Waals surface area contributed by atoms with E-state index in [9.17, 15) is 0 Å². The Hall–Kier alpha value is -2.36. The molecule has 4 nitrogen and oxygen atoms in total. The fourth-order valence-electron chi connectivity index (χ4n) is 2.13. The number of benzene rings is 1. The molecular weight excluding hydrogens is 250 g/mol. The van der Waals surface area contributed by atoms with Gasteiger partial charge in [0.05, 0.1) is 12.1 Å². The molecule has 2 aromatic heterocycles. The summed E-state index contributed by atoms with van der Waals surface area (Å²) in [5.74, 6) is 1.81. The Kier molecular flexibility index (Phi) is 3.37. The van der Waals surface area contributed by atoms with Crippen LogP contribution in [0.5, 0.6) is 5.75 Å². The first kappa shape index (κ1) is 12.7. The molecule has 3 aromatic rings. The Labute approximate surface area is 117 Å². The van der Waals surface area contributed by atoms with E-state index < -0.39 is 0 Å². The molecule has 0 atom stereocenters. The third-order valence-corrected chi connectivity index (χ3v) is 3.13. The zero-order valence-electron chi connectivity index (χ0n) is 11.7. The number of aromatic amines is 1. The summed E-state index contributed by atoms with van der Waals surface area (Å²) in [5.41, 5.74) is 3.93. The minimum atomic E-state index is 0.599. The van der Waals surface area contributed by atoms with Crippen LogP contribution in [-0.2, 0) is 6.42 Å². The largest absolute Gasteiger partial charge is 0.493 e. The Bertz CT molecular complexity index is 733. The van der Waals surface area contributed by atoms with Crippen LogP contribution in [0.15, 0.2) is 36.4 Å². The zero-order valence-corrected chi connectivity index (χ0v) is 11.7. The van der Waals surface area contributed by atoms with E-state index in [2.05, 4.69) is 27.9 Å². The van der Waals surface area contributed by atoms with Crippen LogP contribution in [0.25, 0.3) is 11.2 Å². The van der Waals surface area contributed by atoms with E-state index in [4.69, 9.17) is 4.74 Å². The number of rotatable bonds is 4. The summed E-state index contributed by atoms with van der Waals surface area (Å²) < 4.78 is 5.73. The van der Waals surface area contributed by atoms with E-state index in [1.165, 1.54) is 5.56 Å². The Balaban J connectivity index is 1.65. The van der Waals surface area contributed by atoms with Crippen molar-refractivity contribution in [3.05, 3.63) is 53.5 Å². The summed E-state index contributed by atoms with van der Waals surface area (Å²) >= 11 is 0. The number of hydrogen-bond acceptors (Lipinski definition) is 3. The molecule has 0 radical (unpaired) electrons. The first-order chi connectivity index (χ1) is 9.70. The van der Waals surface area contributed by atoms with Crippen molar-refractivity contribution >= 4 is 11.2 Å². The predicted molar refractivity (Wildman–Crippen MR) is 79.0 cm³/mol. The van der Waals surface area contributed by atoms with Gasteiger partial charge in [0.25, 0.3) is 0 Å². The molecule has 0 aliphatic carbocycles. The molecule has 0 fully saturated rings. The molecule has 0 aliphatic heterocycles. The highest BCUT2D eigenvalue weighted by molar-refractivity contribution is 5.70. The summed E-state index contributed by atoms with van der Waals surface area (Å²) in [5, 5.41) is 0. The van der Waals surface area contributed by atoms with Crippen LogP contribution in [0, 0.1) is 13.8 Å². The number of nitrogens with zero attached hydrogens (tertiary/aromatic N) is 2. The lowest BCUT2D eigenvalue weighted by molar-refractivity contribution is 0.319. The first-order valence-electron chi connectivity index (χ1n) is 6.72. The molecular formula is C16H17N3O. The molecule has 2 heterocycles. The van der Waals surface area contributed by atoms with Crippen molar-refractivity contribution in [2.75, 3.05) is 6.61 Å². The van der Waals surface area contributed by atoms with E-state index in [0.29, 0.717) is 6.61 Å². The number of imidazole rings is 1. The van der Waals surface area contributed by atoms with Gasteiger partial charge in [-0.2, -0.15) is 0 Å². The van der Waals surface area contributed by atoms with Gasteiger partial charge in [0, 0.05) is 12.1 Å². The highest BCUT2D eigenvalue weighted by Gasteiger charge is 2.04. The number of aryl methyl sites for hydroxylation is 2. The van der Waals surface area contributed by atoms with E-state index in [-0.39, 0.29) is 0 Å². The van der Waals surface area contributed by atoms with Crippen molar-refractivity contribution in [1.82, 2.24) is 15.0 Å². The minimum absolute atomic E-state index is 0.599. The van der Waals surface area contributed by atoms with Gasteiger partial charge in [0.2, 0.25) is 0 Å². The fourth-order valence-corrected chi connectivity index (χ4v) is 2.13. The lowest BCUT2D eigenvalue weighted by atomic mass is 10.2. The van der Waals surface area contributed by atoms with Gasteiger partial charge in [-0.3, -0.25) is 0 Å². The van der Waals surface area contributed by atoms with Gasteiger partial charge in [0.1, 0.15) is 11.6 Å². The molecule has 0 saturated carbocycles. The molecule has 0 saturated heterocycles. The van der Waals surface area contributed by atoms with E-state index in [1.807, 2.05) is 37.3 Å². The summed E-state index contributed by atoms with van der Waals surface area (Å²) in [6.07, 6.45) is 0.739. The van der Waals surface area contributed by atoms with Gasteiger partial charge in [-0.15, -0.1) is 0 Å². The topological polar surface area (TPSA) is 50.8 Å². The van der Waals surface area contributed by atoms with Gasteiger partial charge in [0.15, 0.2) is 5.65 Å². The highest BCUT2D eigenvalue weighted by atomic mass is 16.5. The fraction of sp³-hybridized carbons (Fsp3) is 0.250. The molecule has 3 rings (SSSR count). The summed E-state index contributed by atoms with van der Waals surface area (Å²) in [7, 11) is 0. The molecule has 20 heavy (non-hydrogen) atoms. The molecule has 1 N–H and O–H groups in total. The summed E-state index contributed by atoms with van der Waals surface area (Å²) in [6, 6.07) is 12.0. The van der Waals surface area contributed by atoms with Crippen LogP contribution in [0.3, 0.4) is 0 Å². The number of H-pyrrole nitrogens is 1. The maximum absolute atomic E-state index is 5.73. The number of ether oxygens (including phenoxy) is 1. The molecule has 0 spiro atoms. The Morgan fingerprint density at radius 2 is 2.00 bits per heavy atom. The molecule has 4 heteroatoms. The molecule has 0 unspecified atom stereocenters. The van der Waals surface area contributed by atoms with Crippen LogP contribution in [-0.4, -0.2) is 21.6 Å². The van der Waals surface area contributed by atoms with Gasteiger partial charge in [-0.25, -0.2) is 9.97 Å². The standard InChI is InChI=1S/C16H17N3O/c1-11-4-3-5-13(10-11)20-9-8-15-18-14-7-6-12(2)17-16(14)19-15/h3-7,10H,8-9H2,1-2H3,(H,17,18,19). The second kappa shape index (κ2) is 5.33. The number of nitrogens with one attached hydrogen (secondary N) is 1. The van der Waals surface area contributed by atoms with Crippen molar-refractivity contribution in [3.8, 4) is 5.75 Å². The molecule has 0 aliphatic rings. The van der Waals surface area contributed by atoms with Crippen molar-refractivity contribution < 1.29 is 4.74 Å². The van der Waals surface area contributed by atoms with Crippen molar-refractivity contribution in [2.24, 2.45) is 0 Å². The van der Waals surface area contributed by atoms with Crippen LogP contribution in [0.2, 0.25) is 0 Å². The summed E-state index contributed by atoms with van der Waals surface area (Å²) in [4.78, 5) is 12.1. The SMILES string of the molecule is Cc1cccc(OCCc2nc3nc(C)ccc3[nH]2)c1. The molecule has 102 valence electrons. The average Bonchev–Trinajstić information content (AvgIpc) is 2.80. The lowest BCUT2D eigenvalue weighted by Crippen LogP contribution is -2.02. The first-order valence-corrected chi connectivity index (χ1v) is 6.72. The maximum atomic E-state index is 5.73. The minimum Gasteiger partial charge on any atom is -0.493 e. The quantitative estimate of drug-likeness (QED) is 0.789.